The molecule has 3 rings (SSSR count). The summed E-state index contributed by atoms with van der Waals surface area (Å²) in [6.45, 7) is 0.136. The van der Waals surface area contributed by atoms with Gasteiger partial charge in [0.15, 0.2) is 0 Å². The van der Waals surface area contributed by atoms with Gasteiger partial charge in [-0.15, -0.1) is 0 Å². The normalized spacial score (nSPS) is 13.8. The number of fused-ring (bicyclic) bond motifs is 1. The minimum atomic E-state index is -0.590. The van der Waals surface area contributed by atoms with E-state index in [1.807, 2.05) is 6.07 Å². The van der Waals surface area contributed by atoms with Crippen molar-refractivity contribution in [1.82, 2.24) is 0 Å². The van der Waals surface area contributed by atoms with Crippen molar-refractivity contribution in [2.75, 3.05) is 4.90 Å². The van der Waals surface area contributed by atoms with Crippen LogP contribution in [0.5, 0.6) is 0 Å². The lowest BCUT2D eigenvalue weighted by Gasteiger charge is -2.17. The molecule has 0 spiro atoms. The molecular formula is C15H8ClFINO2. The van der Waals surface area contributed by atoms with E-state index < -0.39 is 17.5 Å². The summed E-state index contributed by atoms with van der Waals surface area (Å²) in [5.74, 6) is -1.56. The molecule has 1 amide bonds. The third-order valence-electron chi connectivity index (χ3n) is 3.28. The highest BCUT2D eigenvalue weighted by molar-refractivity contribution is 14.1. The summed E-state index contributed by atoms with van der Waals surface area (Å²) in [5.41, 5.74) is 1.54. The van der Waals surface area contributed by atoms with E-state index in [2.05, 4.69) is 22.6 Å². The SMILES string of the molecule is O=C1C(=O)N(Cc2ccc(F)cc2Cl)c2ccc(I)cc21. The molecule has 0 bridgehead atoms. The van der Waals surface area contributed by atoms with Crippen LogP contribution >= 0.6 is 34.2 Å². The van der Waals surface area contributed by atoms with Gasteiger partial charge < -0.3 is 4.90 Å². The maximum absolute atomic E-state index is 13.1. The standard InChI is InChI=1S/C15H8ClFINO2/c16-12-5-9(17)2-1-8(12)7-19-13-4-3-10(18)6-11(13)14(20)15(19)21/h1-6H,7H2. The Balaban J connectivity index is 2.00. The molecule has 1 aliphatic heterocycles. The van der Waals surface area contributed by atoms with E-state index in [0.717, 1.165) is 3.57 Å². The van der Waals surface area contributed by atoms with Gasteiger partial charge in [0.1, 0.15) is 5.82 Å². The van der Waals surface area contributed by atoms with Crippen molar-refractivity contribution in [3.05, 3.63) is 61.9 Å². The molecule has 0 saturated heterocycles. The monoisotopic (exact) mass is 415 g/mol. The van der Waals surface area contributed by atoms with Gasteiger partial charge in [-0.05, 0) is 58.5 Å². The number of amides is 1. The molecule has 0 N–H and O–H groups in total. The fraction of sp³-hybridized carbons (Fsp3) is 0.0667. The first-order valence-electron chi connectivity index (χ1n) is 6.07. The van der Waals surface area contributed by atoms with Crippen LogP contribution < -0.4 is 4.90 Å². The van der Waals surface area contributed by atoms with Gasteiger partial charge in [0.25, 0.3) is 11.7 Å². The van der Waals surface area contributed by atoms with Gasteiger partial charge >= 0.3 is 0 Å². The minimum Gasteiger partial charge on any atom is -0.300 e. The van der Waals surface area contributed by atoms with Crippen LogP contribution in [0.3, 0.4) is 0 Å². The van der Waals surface area contributed by atoms with E-state index in [9.17, 15) is 14.0 Å². The molecule has 0 unspecified atom stereocenters. The van der Waals surface area contributed by atoms with Crippen LogP contribution in [0.15, 0.2) is 36.4 Å². The Kier molecular flexibility index (Phi) is 3.71. The summed E-state index contributed by atoms with van der Waals surface area (Å²) in [6, 6.07) is 9.22. The van der Waals surface area contributed by atoms with E-state index in [1.54, 1.807) is 12.1 Å². The second-order valence-corrected chi connectivity index (χ2v) is 6.27. The number of anilines is 1. The van der Waals surface area contributed by atoms with Gasteiger partial charge in [0, 0.05) is 8.59 Å². The molecule has 3 nitrogen and oxygen atoms in total. The molecule has 0 radical (unpaired) electrons. The van der Waals surface area contributed by atoms with Gasteiger partial charge in [-0.1, -0.05) is 17.7 Å². The largest absolute Gasteiger partial charge is 0.300 e. The van der Waals surface area contributed by atoms with Crippen LogP contribution in [0.2, 0.25) is 5.02 Å². The van der Waals surface area contributed by atoms with Crippen LogP contribution in [-0.4, -0.2) is 11.7 Å². The summed E-state index contributed by atoms with van der Waals surface area (Å²) in [6.07, 6.45) is 0. The lowest BCUT2D eigenvalue weighted by molar-refractivity contribution is -0.114. The van der Waals surface area contributed by atoms with Crippen LogP contribution in [0.25, 0.3) is 0 Å². The quantitative estimate of drug-likeness (QED) is 0.552. The molecule has 6 heteroatoms. The predicted molar refractivity (Wildman–Crippen MR) is 86.1 cm³/mol. The Hall–Kier alpha value is -1.47. The first kappa shape index (κ1) is 14.5. The van der Waals surface area contributed by atoms with Crippen LogP contribution in [0.1, 0.15) is 15.9 Å². The minimum absolute atomic E-state index is 0.136. The number of ketones is 1. The zero-order valence-electron chi connectivity index (χ0n) is 10.6. The number of Topliss-reactive ketones (excluding diaryl/α,β-unsaturated/α-hetero) is 1. The maximum Gasteiger partial charge on any atom is 0.299 e. The van der Waals surface area contributed by atoms with Gasteiger partial charge in [0.05, 0.1) is 17.8 Å². The molecule has 21 heavy (non-hydrogen) atoms. The molecule has 1 aliphatic rings. The van der Waals surface area contributed by atoms with E-state index in [-0.39, 0.29) is 11.6 Å². The molecule has 2 aromatic rings. The van der Waals surface area contributed by atoms with Gasteiger partial charge in [-0.25, -0.2) is 4.39 Å². The maximum atomic E-state index is 13.1. The number of carbonyl (C=O) groups excluding carboxylic acids is 2. The average molecular weight is 416 g/mol. The number of benzene rings is 2. The molecule has 2 aromatic carbocycles. The van der Waals surface area contributed by atoms with Gasteiger partial charge in [0.2, 0.25) is 0 Å². The molecule has 106 valence electrons. The van der Waals surface area contributed by atoms with Gasteiger partial charge in [-0.3, -0.25) is 9.59 Å². The molecule has 0 fully saturated rings. The topological polar surface area (TPSA) is 37.4 Å². The Labute approximate surface area is 138 Å². The summed E-state index contributed by atoms with van der Waals surface area (Å²) in [5, 5.41) is 0.231. The summed E-state index contributed by atoms with van der Waals surface area (Å²) in [7, 11) is 0. The van der Waals surface area contributed by atoms with Gasteiger partial charge in [-0.2, -0.15) is 0 Å². The van der Waals surface area contributed by atoms with E-state index >= 15 is 0 Å². The molecule has 0 aromatic heterocycles. The van der Waals surface area contributed by atoms with Crippen LogP contribution in [0.4, 0.5) is 10.1 Å². The second-order valence-electron chi connectivity index (χ2n) is 4.62. The van der Waals surface area contributed by atoms with Crippen molar-refractivity contribution in [3.8, 4) is 0 Å². The lowest BCUT2D eigenvalue weighted by Crippen LogP contribution is -2.29. The predicted octanol–water partition coefficient (Wildman–Crippen LogP) is 3.81. The van der Waals surface area contributed by atoms with Crippen molar-refractivity contribution in [2.45, 2.75) is 6.54 Å². The number of carbonyl (C=O) groups is 2. The van der Waals surface area contributed by atoms with Crippen LogP contribution in [-0.2, 0) is 11.3 Å². The summed E-state index contributed by atoms with van der Waals surface area (Å²) >= 11 is 8.07. The number of hydrogen-bond acceptors (Lipinski definition) is 2. The molecule has 0 aliphatic carbocycles. The fourth-order valence-electron chi connectivity index (χ4n) is 2.25. The molecule has 0 atom stereocenters. The highest BCUT2D eigenvalue weighted by atomic mass is 127. The highest BCUT2D eigenvalue weighted by Gasteiger charge is 2.36. The van der Waals surface area contributed by atoms with Crippen molar-refractivity contribution in [3.63, 3.8) is 0 Å². The lowest BCUT2D eigenvalue weighted by atomic mass is 10.1. The Morgan fingerprint density at radius 2 is 1.90 bits per heavy atom. The van der Waals surface area contributed by atoms with Crippen molar-refractivity contribution in [2.24, 2.45) is 0 Å². The smallest absolute Gasteiger partial charge is 0.299 e. The van der Waals surface area contributed by atoms with E-state index in [0.29, 0.717) is 16.8 Å². The first-order valence-corrected chi connectivity index (χ1v) is 7.52. The number of nitrogens with zero attached hydrogens (tertiary/aromatic N) is 1. The Morgan fingerprint density at radius 3 is 2.62 bits per heavy atom. The second kappa shape index (κ2) is 5.38. The number of halogens is 3. The summed E-state index contributed by atoms with van der Waals surface area (Å²) < 4.78 is 13.9. The van der Waals surface area contributed by atoms with Crippen LogP contribution in [0, 0.1) is 9.39 Å². The van der Waals surface area contributed by atoms with Crippen molar-refractivity contribution in [1.29, 1.82) is 0 Å². The Bertz CT molecular complexity index is 778. The molecule has 1 heterocycles. The Morgan fingerprint density at radius 1 is 1.14 bits per heavy atom. The zero-order chi connectivity index (χ0) is 15.1. The first-order chi connectivity index (χ1) is 9.97. The van der Waals surface area contributed by atoms with E-state index in [4.69, 9.17) is 11.6 Å². The third kappa shape index (κ3) is 2.55. The fourth-order valence-corrected chi connectivity index (χ4v) is 2.97. The zero-order valence-corrected chi connectivity index (χ0v) is 13.5. The van der Waals surface area contributed by atoms with E-state index in [1.165, 1.54) is 23.1 Å². The summed E-state index contributed by atoms with van der Waals surface area (Å²) in [4.78, 5) is 25.5. The van der Waals surface area contributed by atoms with Crippen molar-refractivity contribution < 1.29 is 14.0 Å². The number of rotatable bonds is 2. The third-order valence-corrected chi connectivity index (χ3v) is 4.30. The average Bonchev–Trinajstić information content (AvgIpc) is 2.66. The highest BCUT2D eigenvalue weighted by Crippen LogP contribution is 2.32. The molecule has 0 saturated carbocycles. The number of hydrogen-bond donors (Lipinski definition) is 0. The van der Waals surface area contributed by atoms with Crippen molar-refractivity contribution >= 4 is 51.6 Å². The molecular weight excluding hydrogens is 408 g/mol.